The Labute approximate surface area is 78.8 Å². The van der Waals surface area contributed by atoms with Crippen LogP contribution in [0.1, 0.15) is 33.6 Å². The first-order chi connectivity index (χ1) is 5.87. The van der Waals surface area contributed by atoms with Gasteiger partial charge in [-0.15, -0.1) is 0 Å². The Hall–Kier alpha value is -0.570. The number of aliphatic carboxylic acids is 1. The SMILES string of the molecule is CC1CCC(C(C)(C)C(=O)O)C1O. The summed E-state index contributed by atoms with van der Waals surface area (Å²) in [5.41, 5.74) is -0.801. The van der Waals surface area contributed by atoms with Crippen LogP contribution in [0.5, 0.6) is 0 Å². The number of carbonyl (C=O) groups is 1. The molecule has 3 heteroatoms. The second-order valence-electron chi connectivity index (χ2n) is 4.68. The van der Waals surface area contributed by atoms with Crippen molar-refractivity contribution in [3.05, 3.63) is 0 Å². The molecule has 0 heterocycles. The molecule has 1 aliphatic rings. The minimum atomic E-state index is -0.814. The summed E-state index contributed by atoms with van der Waals surface area (Å²) in [6.07, 6.45) is 1.30. The van der Waals surface area contributed by atoms with Gasteiger partial charge in [0.15, 0.2) is 0 Å². The molecule has 3 nitrogen and oxygen atoms in total. The first-order valence-electron chi connectivity index (χ1n) is 4.79. The minimum Gasteiger partial charge on any atom is -0.481 e. The molecule has 3 atom stereocenters. The average molecular weight is 186 g/mol. The van der Waals surface area contributed by atoms with Gasteiger partial charge in [0.2, 0.25) is 0 Å². The Morgan fingerprint density at radius 3 is 2.23 bits per heavy atom. The first kappa shape index (κ1) is 10.5. The number of carboxylic acid groups (broad SMARTS) is 1. The lowest BCUT2D eigenvalue weighted by Crippen LogP contribution is -2.38. The maximum absolute atomic E-state index is 10.9. The van der Waals surface area contributed by atoms with Crippen molar-refractivity contribution in [3.8, 4) is 0 Å². The predicted molar refractivity (Wildman–Crippen MR) is 49.3 cm³/mol. The lowest BCUT2D eigenvalue weighted by molar-refractivity contribution is -0.152. The number of hydrogen-bond acceptors (Lipinski definition) is 2. The Bertz CT molecular complexity index is 210. The van der Waals surface area contributed by atoms with Gasteiger partial charge in [-0.05, 0) is 32.6 Å². The summed E-state index contributed by atoms with van der Waals surface area (Å²) >= 11 is 0. The van der Waals surface area contributed by atoms with Gasteiger partial charge in [-0.1, -0.05) is 6.92 Å². The van der Waals surface area contributed by atoms with Crippen molar-refractivity contribution >= 4 is 5.97 Å². The number of carboxylic acids is 1. The Balaban J connectivity index is 2.78. The van der Waals surface area contributed by atoms with Gasteiger partial charge in [-0.25, -0.2) is 0 Å². The highest BCUT2D eigenvalue weighted by atomic mass is 16.4. The molecule has 0 aromatic carbocycles. The topological polar surface area (TPSA) is 57.5 Å². The summed E-state index contributed by atoms with van der Waals surface area (Å²) in [5, 5.41) is 18.8. The monoisotopic (exact) mass is 186 g/mol. The zero-order chi connectivity index (χ0) is 10.2. The van der Waals surface area contributed by atoms with Crippen molar-refractivity contribution < 1.29 is 15.0 Å². The summed E-state index contributed by atoms with van der Waals surface area (Å²) < 4.78 is 0. The highest BCUT2D eigenvalue weighted by Gasteiger charge is 2.45. The van der Waals surface area contributed by atoms with E-state index in [1.54, 1.807) is 13.8 Å². The van der Waals surface area contributed by atoms with Gasteiger partial charge in [0.25, 0.3) is 0 Å². The maximum Gasteiger partial charge on any atom is 0.309 e. The Morgan fingerprint density at radius 2 is 1.92 bits per heavy atom. The lowest BCUT2D eigenvalue weighted by atomic mass is 9.76. The molecule has 0 saturated heterocycles. The zero-order valence-corrected chi connectivity index (χ0v) is 8.45. The second-order valence-corrected chi connectivity index (χ2v) is 4.68. The van der Waals surface area contributed by atoms with Gasteiger partial charge < -0.3 is 10.2 Å². The highest BCUT2D eigenvalue weighted by molar-refractivity contribution is 5.74. The molecule has 0 aromatic rings. The molecule has 13 heavy (non-hydrogen) atoms. The predicted octanol–water partition coefficient (Wildman–Crippen LogP) is 1.50. The van der Waals surface area contributed by atoms with E-state index in [0.717, 1.165) is 12.8 Å². The Morgan fingerprint density at radius 1 is 1.38 bits per heavy atom. The maximum atomic E-state index is 10.9. The third-order valence-electron chi connectivity index (χ3n) is 3.41. The van der Waals surface area contributed by atoms with E-state index in [0.29, 0.717) is 0 Å². The number of hydrogen-bond donors (Lipinski definition) is 2. The van der Waals surface area contributed by atoms with Gasteiger partial charge >= 0.3 is 5.97 Å². The van der Waals surface area contributed by atoms with Gasteiger partial charge in [0.05, 0.1) is 11.5 Å². The van der Waals surface area contributed by atoms with Crippen molar-refractivity contribution in [2.24, 2.45) is 17.3 Å². The summed E-state index contributed by atoms with van der Waals surface area (Å²) in [7, 11) is 0. The van der Waals surface area contributed by atoms with E-state index in [-0.39, 0.29) is 11.8 Å². The quantitative estimate of drug-likeness (QED) is 0.687. The normalized spacial score (nSPS) is 34.9. The molecule has 0 radical (unpaired) electrons. The molecule has 1 rings (SSSR count). The molecule has 0 aliphatic heterocycles. The van der Waals surface area contributed by atoms with E-state index in [4.69, 9.17) is 5.11 Å². The fourth-order valence-corrected chi connectivity index (χ4v) is 2.13. The molecule has 3 unspecified atom stereocenters. The molecule has 0 bridgehead atoms. The van der Waals surface area contributed by atoms with Crippen LogP contribution in [0.25, 0.3) is 0 Å². The smallest absolute Gasteiger partial charge is 0.309 e. The molecule has 1 saturated carbocycles. The van der Waals surface area contributed by atoms with E-state index in [2.05, 4.69) is 0 Å². The molecule has 1 aliphatic carbocycles. The van der Waals surface area contributed by atoms with Crippen LogP contribution in [-0.4, -0.2) is 22.3 Å². The molecule has 0 amide bonds. The minimum absolute atomic E-state index is 0.0972. The highest BCUT2D eigenvalue weighted by Crippen LogP contribution is 2.42. The fraction of sp³-hybridized carbons (Fsp3) is 0.900. The standard InChI is InChI=1S/C10H18O3/c1-6-4-5-7(8(6)11)10(2,3)9(12)13/h6-8,11H,4-5H2,1-3H3,(H,12,13). The van der Waals surface area contributed by atoms with Gasteiger partial charge in [-0.3, -0.25) is 4.79 Å². The Kier molecular flexibility index (Phi) is 2.66. The van der Waals surface area contributed by atoms with E-state index >= 15 is 0 Å². The van der Waals surface area contributed by atoms with Crippen LogP contribution in [0.4, 0.5) is 0 Å². The van der Waals surface area contributed by atoms with E-state index in [1.165, 1.54) is 0 Å². The fourth-order valence-electron chi connectivity index (χ4n) is 2.13. The molecule has 1 fully saturated rings. The van der Waals surface area contributed by atoms with Crippen LogP contribution in [0, 0.1) is 17.3 Å². The third kappa shape index (κ3) is 1.70. The van der Waals surface area contributed by atoms with Crippen LogP contribution < -0.4 is 0 Å². The third-order valence-corrected chi connectivity index (χ3v) is 3.41. The molecule has 76 valence electrons. The number of rotatable bonds is 2. The molecule has 0 aromatic heterocycles. The number of aliphatic hydroxyl groups excluding tert-OH is 1. The molecular weight excluding hydrogens is 168 g/mol. The van der Waals surface area contributed by atoms with E-state index < -0.39 is 17.5 Å². The second kappa shape index (κ2) is 3.29. The molecular formula is C10H18O3. The van der Waals surface area contributed by atoms with Crippen LogP contribution in [-0.2, 0) is 4.79 Å². The van der Waals surface area contributed by atoms with Crippen molar-refractivity contribution in [1.82, 2.24) is 0 Å². The van der Waals surface area contributed by atoms with Crippen LogP contribution in [0.15, 0.2) is 0 Å². The van der Waals surface area contributed by atoms with Crippen LogP contribution in [0.3, 0.4) is 0 Å². The van der Waals surface area contributed by atoms with Crippen molar-refractivity contribution in [3.63, 3.8) is 0 Å². The van der Waals surface area contributed by atoms with Crippen LogP contribution in [0.2, 0.25) is 0 Å². The molecule has 0 spiro atoms. The summed E-state index contributed by atoms with van der Waals surface area (Å²) in [4.78, 5) is 10.9. The largest absolute Gasteiger partial charge is 0.481 e. The van der Waals surface area contributed by atoms with E-state index in [9.17, 15) is 9.90 Å². The van der Waals surface area contributed by atoms with Crippen molar-refractivity contribution in [2.45, 2.75) is 39.7 Å². The van der Waals surface area contributed by atoms with Crippen molar-refractivity contribution in [1.29, 1.82) is 0 Å². The van der Waals surface area contributed by atoms with Crippen molar-refractivity contribution in [2.75, 3.05) is 0 Å². The summed E-state index contributed by atoms with van der Waals surface area (Å²) in [6.45, 7) is 5.37. The summed E-state index contributed by atoms with van der Waals surface area (Å²) in [5.74, 6) is -0.672. The average Bonchev–Trinajstić information content (AvgIpc) is 2.33. The van der Waals surface area contributed by atoms with Crippen LogP contribution >= 0.6 is 0 Å². The van der Waals surface area contributed by atoms with Gasteiger partial charge in [-0.2, -0.15) is 0 Å². The first-order valence-corrected chi connectivity index (χ1v) is 4.79. The zero-order valence-electron chi connectivity index (χ0n) is 8.45. The summed E-state index contributed by atoms with van der Waals surface area (Å²) in [6, 6.07) is 0. The molecule has 2 N–H and O–H groups in total. The van der Waals surface area contributed by atoms with Gasteiger partial charge in [0.1, 0.15) is 0 Å². The number of aliphatic hydroxyl groups is 1. The lowest BCUT2D eigenvalue weighted by Gasteiger charge is -2.30. The van der Waals surface area contributed by atoms with E-state index in [1.807, 2.05) is 6.92 Å². The van der Waals surface area contributed by atoms with Gasteiger partial charge in [0, 0.05) is 5.92 Å².